The fourth-order valence-corrected chi connectivity index (χ4v) is 3.92. The van der Waals surface area contributed by atoms with Crippen LogP contribution in [0.25, 0.3) is 0 Å². The van der Waals surface area contributed by atoms with E-state index in [0.29, 0.717) is 45.8 Å². The minimum Gasteiger partial charge on any atom is -0.339 e. The first-order valence-corrected chi connectivity index (χ1v) is 9.51. The van der Waals surface area contributed by atoms with Gasteiger partial charge in [-0.1, -0.05) is 6.07 Å². The summed E-state index contributed by atoms with van der Waals surface area (Å²) < 4.78 is 0. The van der Waals surface area contributed by atoms with Crippen LogP contribution in [0.5, 0.6) is 0 Å². The van der Waals surface area contributed by atoms with Crippen molar-refractivity contribution in [2.45, 2.75) is 6.92 Å². The summed E-state index contributed by atoms with van der Waals surface area (Å²) in [5, 5.41) is 1.91. The van der Waals surface area contributed by atoms with Gasteiger partial charge < -0.3 is 14.7 Å². The summed E-state index contributed by atoms with van der Waals surface area (Å²) in [5.41, 5.74) is 0. The molecule has 2 fully saturated rings. The molecule has 3 rings (SSSR count). The van der Waals surface area contributed by atoms with Gasteiger partial charge in [0.2, 0.25) is 11.8 Å². The summed E-state index contributed by atoms with van der Waals surface area (Å²) in [6.45, 7) is 7.14. The Morgan fingerprint density at radius 1 is 0.920 bits per heavy atom. The van der Waals surface area contributed by atoms with Gasteiger partial charge in [0.25, 0.3) is 5.91 Å². The molecule has 136 valence electrons. The van der Waals surface area contributed by atoms with Crippen LogP contribution < -0.4 is 0 Å². The smallest absolute Gasteiger partial charge is 0.264 e. The molecular weight excluding hydrogens is 340 g/mol. The van der Waals surface area contributed by atoms with Crippen LogP contribution in [0.3, 0.4) is 0 Å². The van der Waals surface area contributed by atoms with Crippen molar-refractivity contribution < 1.29 is 14.4 Å². The van der Waals surface area contributed by atoms with Gasteiger partial charge in [0, 0.05) is 59.3 Å². The van der Waals surface area contributed by atoms with Crippen molar-refractivity contribution in [1.82, 2.24) is 19.6 Å². The van der Waals surface area contributed by atoms with Crippen LogP contribution in [-0.2, 0) is 9.59 Å². The maximum Gasteiger partial charge on any atom is 0.264 e. The number of carbonyl (C=O) groups excluding carboxylic acids is 3. The molecule has 25 heavy (non-hydrogen) atoms. The van der Waals surface area contributed by atoms with Gasteiger partial charge in [-0.25, -0.2) is 0 Å². The average molecular weight is 364 g/mol. The standard InChI is InChI=1S/C17H24N4O3S/c1-14(22)19-8-10-20(11-9-19)16(23)13-18-4-6-21(7-5-18)17(24)15-3-2-12-25-15/h2-3,12H,4-11,13H2,1H3. The molecule has 0 N–H and O–H groups in total. The van der Waals surface area contributed by atoms with E-state index in [2.05, 4.69) is 4.90 Å². The van der Waals surface area contributed by atoms with Crippen molar-refractivity contribution in [2.24, 2.45) is 0 Å². The molecule has 7 nitrogen and oxygen atoms in total. The number of amides is 3. The highest BCUT2D eigenvalue weighted by atomic mass is 32.1. The molecule has 1 aromatic rings. The zero-order valence-corrected chi connectivity index (χ0v) is 15.3. The van der Waals surface area contributed by atoms with Crippen molar-refractivity contribution in [3.8, 4) is 0 Å². The SMILES string of the molecule is CC(=O)N1CCN(C(=O)CN2CCN(C(=O)c3cccs3)CC2)CC1. The molecule has 0 aliphatic carbocycles. The van der Waals surface area contributed by atoms with Crippen LogP contribution in [0, 0.1) is 0 Å². The number of thiophene rings is 1. The summed E-state index contributed by atoms with van der Waals surface area (Å²) >= 11 is 1.46. The number of carbonyl (C=O) groups is 3. The Kier molecular flexibility index (Phi) is 5.70. The molecule has 2 aliphatic heterocycles. The molecule has 2 saturated heterocycles. The number of piperazine rings is 2. The van der Waals surface area contributed by atoms with E-state index in [-0.39, 0.29) is 17.7 Å². The second kappa shape index (κ2) is 7.97. The highest BCUT2D eigenvalue weighted by molar-refractivity contribution is 7.12. The summed E-state index contributed by atoms with van der Waals surface area (Å²) in [4.78, 5) is 44.5. The zero-order valence-electron chi connectivity index (χ0n) is 14.5. The molecule has 0 spiro atoms. The van der Waals surface area contributed by atoms with E-state index >= 15 is 0 Å². The molecule has 3 heterocycles. The second-order valence-electron chi connectivity index (χ2n) is 6.43. The Labute approximate surface area is 151 Å². The van der Waals surface area contributed by atoms with E-state index in [9.17, 15) is 14.4 Å². The minimum absolute atomic E-state index is 0.0682. The van der Waals surface area contributed by atoms with Crippen molar-refractivity contribution >= 4 is 29.1 Å². The third-order valence-electron chi connectivity index (χ3n) is 4.83. The van der Waals surface area contributed by atoms with Crippen molar-refractivity contribution in [1.29, 1.82) is 0 Å². The van der Waals surface area contributed by atoms with Crippen LogP contribution in [0.2, 0.25) is 0 Å². The Bertz CT molecular complexity index is 618. The molecular formula is C17H24N4O3S. The fourth-order valence-electron chi connectivity index (χ4n) is 3.23. The lowest BCUT2D eigenvalue weighted by molar-refractivity contribution is -0.139. The first-order chi connectivity index (χ1) is 12.0. The molecule has 0 unspecified atom stereocenters. The molecule has 0 aromatic carbocycles. The first-order valence-electron chi connectivity index (χ1n) is 8.63. The van der Waals surface area contributed by atoms with Gasteiger partial charge in [-0.15, -0.1) is 11.3 Å². The van der Waals surface area contributed by atoms with Gasteiger partial charge >= 0.3 is 0 Å². The lowest BCUT2D eigenvalue weighted by Crippen LogP contribution is -2.54. The summed E-state index contributed by atoms with van der Waals surface area (Å²) in [7, 11) is 0. The minimum atomic E-state index is 0.0682. The molecule has 0 radical (unpaired) electrons. The van der Waals surface area contributed by atoms with Crippen molar-refractivity contribution in [3.63, 3.8) is 0 Å². The van der Waals surface area contributed by atoms with E-state index < -0.39 is 0 Å². The number of rotatable bonds is 3. The summed E-state index contributed by atoms with van der Waals surface area (Å²) in [6, 6.07) is 3.74. The number of nitrogens with zero attached hydrogens (tertiary/aromatic N) is 4. The third-order valence-corrected chi connectivity index (χ3v) is 5.69. The Hall–Kier alpha value is -1.93. The number of hydrogen-bond acceptors (Lipinski definition) is 5. The maximum absolute atomic E-state index is 12.4. The average Bonchev–Trinajstić information content (AvgIpc) is 3.16. The lowest BCUT2D eigenvalue weighted by atomic mass is 10.2. The van der Waals surface area contributed by atoms with Crippen LogP contribution in [0.4, 0.5) is 0 Å². The van der Waals surface area contributed by atoms with Gasteiger partial charge in [-0.3, -0.25) is 19.3 Å². The Morgan fingerprint density at radius 2 is 1.52 bits per heavy atom. The quantitative estimate of drug-likeness (QED) is 0.769. The van der Waals surface area contributed by atoms with Crippen molar-refractivity contribution in [2.75, 3.05) is 58.9 Å². The topological polar surface area (TPSA) is 64.2 Å². The fraction of sp³-hybridized carbons (Fsp3) is 0.588. The third kappa shape index (κ3) is 4.38. The van der Waals surface area contributed by atoms with Gasteiger partial charge in [0.15, 0.2) is 0 Å². The first kappa shape index (κ1) is 17.9. The monoisotopic (exact) mass is 364 g/mol. The predicted octanol–water partition coefficient (Wildman–Crippen LogP) is 0.197. The van der Waals surface area contributed by atoms with Gasteiger partial charge in [0.1, 0.15) is 0 Å². The molecule has 0 atom stereocenters. The Morgan fingerprint density at radius 3 is 2.08 bits per heavy atom. The zero-order chi connectivity index (χ0) is 17.8. The van der Waals surface area contributed by atoms with E-state index in [1.165, 1.54) is 11.3 Å². The van der Waals surface area contributed by atoms with E-state index in [1.807, 2.05) is 27.3 Å². The summed E-state index contributed by atoms with van der Waals surface area (Å²) in [6.07, 6.45) is 0. The van der Waals surface area contributed by atoms with Crippen LogP contribution in [0.1, 0.15) is 16.6 Å². The molecule has 3 amide bonds. The predicted molar refractivity (Wildman–Crippen MR) is 95.5 cm³/mol. The highest BCUT2D eigenvalue weighted by Crippen LogP contribution is 2.14. The summed E-state index contributed by atoms with van der Waals surface area (Å²) in [5.74, 6) is 0.265. The van der Waals surface area contributed by atoms with Crippen LogP contribution >= 0.6 is 11.3 Å². The van der Waals surface area contributed by atoms with Crippen LogP contribution in [-0.4, -0.2) is 96.2 Å². The second-order valence-corrected chi connectivity index (χ2v) is 7.38. The highest BCUT2D eigenvalue weighted by Gasteiger charge is 2.27. The lowest BCUT2D eigenvalue weighted by Gasteiger charge is -2.37. The Balaban J connectivity index is 1.42. The van der Waals surface area contributed by atoms with E-state index in [0.717, 1.165) is 18.0 Å². The molecule has 0 saturated carbocycles. The van der Waals surface area contributed by atoms with Crippen LogP contribution in [0.15, 0.2) is 17.5 Å². The van der Waals surface area contributed by atoms with E-state index in [4.69, 9.17) is 0 Å². The number of hydrogen-bond donors (Lipinski definition) is 0. The van der Waals surface area contributed by atoms with Gasteiger partial charge in [-0.2, -0.15) is 0 Å². The van der Waals surface area contributed by atoms with E-state index in [1.54, 1.807) is 11.8 Å². The molecule has 1 aromatic heterocycles. The van der Waals surface area contributed by atoms with Gasteiger partial charge in [-0.05, 0) is 11.4 Å². The largest absolute Gasteiger partial charge is 0.339 e. The molecule has 8 heteroatoms. The van der Waals surface area contributed by atoms with Gasteiger partial charge in [0.05, 0.1) is 11.4 Å². The molecule has 2 aliphatic rings. The van der Waals surface area contributed by atoms with Crippen molar-refractivity contribution in [3.05, 3.63) is 22.4 Å². The maximum atomic E-state index is 12.4. The molecule has 0 bridgehead atoms. The normalized spacial score (nSPS) is 19.2.